The molecule has 5 nitrogen and oxygen atoms in total. The van der Waals surface area contributed by atoms with Gasteiger partial charge in [-0.05, 0) is 0 Å². The van der Waals surface area contributed by atoms with Crippen LogP contribution < -0.4 is 16.2 Å². The summed E-state index contributed by atoms with van der Waals surface area (Å²) in [6.07, 6.45) is -0.250. The molecule has 1 rings (SSSR count). The van der Waals surface area contributed by atoms with E-state index in [2.05, 4.69) is 16.2 Å². The molecule has 0 amide bonds. The van der Waals surface area contributed by atoms with E-state index in [1.54, 1.807) is 0 Å². The highest BCUT2D eigenvalue weighted by Gasteiger charge is 2.19. The van der Waals surface area contributed by atoms with E-state index in [-0.39, 0.29) is 6.29 Å². The van der Waals surface area contributed by atoms with E-state index in [4.69, 9.17) is 0 Å². The molecule has 1 aliphatic heterocycles. The molecule has 0 aromatic rings. The van der Waals surface area contributed by atoms with Crippen molar-refractivity contribution in [1.82, 2.24) is 16.2 Å². The van der Waals surface area contributed by atoms with Gasteiger partial charge in [-0.15, -0.1) is 0 Å². The van der Waals surface area contributed by atoms with Crippen molar-refractivity contribution in [3.63, 3.8) is 0 Å². The van der Waals surface area contributed by atoms with Crippen molar-refractivity contribution >= 4 is 12.1 Å². The molecule has 5 heteroatoms. The number of aldehydes is 1. The molecule has 0 aliphatic carbocycles. The summed E-state index contributed by atoms with van der Waals surface area (Å²) in [5, 5.41) is 2.70. The first kappa shape index (κ1) is 6.34. The molecule has 1 saturated heterocycles. The summed E-state index contributed by atoms with van der Waals surface area (Å²) in [5.41, 5.74) is 5.21. The molecule has 50 valence electrons. The van der Waals surface area contributed by atoms with Crippen LogP contribution in [0.15, 0.2) is 0 Å². The lowest BCUT2D eigenvalue weighted by atomic mass is 10.3. The molecule has 3 N–H and O–H groups in total. The third-order valence-corrected chi connectivity index (χ3v) is 1.04. The molecule has 0 aromatic heterocycles. The fourth-order valence-electron chi connectivity index (χ4n) is 0.597. The van der Waals surface area contributed by atoms with Crippen LogP contribution in [-0.2, 0) is 9.59 Å². The van der Waals surface area contributed by atoms with Gasteiger partial charge >= 0.3 is 0 Å². The van der Waals surface area contributed by atoms with Crippen LogP contribution in [0.3, 0.4) is 0 Å². The minimum Gasteiger partial charge on any atom is -0.294 e. The molecule has 0 aromatic carbocycles. The Labute approximate surface area is 51.8 Å². The molecule has 1 aliphatic rings. The third-order valence-electron chi connectivity index (χ3n) is 1.04. The number of hydrogen-bond acceptors (Lipinski definition) is 5. The number of nitrogens with one attached hydrogen (secondary N) is 3. The quantitative estimate of drug-likeness (QED) is 0.290. The lowest BCUT2D eigenvalue weighted by molar-refractivity contribution is -0.131. The smallest absolute Gasteiger partial charge is 0.227 e. The largest absolute Gasteiger partial charge is 0.294 e. The van der Waals surface area contributed by atoms with E-state index < -0.39 is 11.9 Å². The second kappa shape index (κ2) is 2.67. The first-order chi connectivity index (χ1) is 4.34. The Morgan fingerprint density at radius 2 is 2.44 bits per heavy atom. The molecule has 1 fully saturated rings. The monoisotopic (exact) mass is 129 g/mol. The second-order valence-corrected chi connectivity index (χ2v) is 1.66. The summed E-state index contributed by atoms with van der Waals surface area (Å²) in [5.74, 6) is -0.486. The van der Waals surface area contributed by atoms with E-state index in [0.717, 1.165) is 0 Å². The predicted octanol–water partition coefficient (Wildman–Crippen LogP) is -2.26. The van der Waals surface area contributed by atoms with Gasteiger partial charge in [-0.3, -0.25) is 14.9 Å². The molecular formula is C4H7N3O2. The molecule has 0 radical (unpaired) electrons. The zero-order chi connectivity index (χ0) is 6.69. The van der Waals surface area contributed by atoms with Crippen molar-refractivity contribution in [2.24, 2.45) is 0 Å². The minimum absolute atomic E-state index is 0.289. The predicted molar refractivity (Wildman–Crippen MR) is 29.1 cm³/mol. The van der Waals surface area contributed by atoms with Gasteiger partial charge in [0, 0.05) is 0 Å². The highest BCUT2D eigenvalue weighted by atomic mass is 16.2. The number of hydrogen-bond donors (Lipinski definition) is 3. The van der Waals surface area contributed by atoms with Gasteiger partial charge in [0.25, 0.3) is 0 Å². The van der Waals surface area contributed by atoms with E-state index in [1.165, 1.54) is 0 Å². The number of carbonyl (C=O) groups is 2. The molecule has 0 bridgehead atoms. The van der Waals surface area contributed by atoms with Gasteiger partial charge in [0.05, 0.1) is 6.67 Å². The maximum Gasteiger partial charge on any atom is 0.227 e. The molecular weight excluding hydrogens is 122 g/mol. The van der Waals surface area contributed by atoms with Crippen molar-refractivity contribution in [2.75, 3.05) is 6.67 Å². The van der Waals surface area contributed by atoms with E-state index in [0.29, 0.717) is 6.67 Å². The zero-order valence-electron chi connectivity index (χ0n) is 4.68. The van der Waals surface area contributed by atoms with E-state index in [9.17, 15) is 9.59 Å². The molecule has 1 atom stereocenters. The number of Topliss-reactive ketones (excluding diaryl/α,β-unsaturated/α-hetero) is 1. The molecule has 1 unspecified atom stereocenters. The standard InChI is InChI=1S/C4H7N3O2/c8-1-3(9)4-5-2-6-7-4/h1,4-7H,2H2. The van der Waals surface area contributed by atoms with Crippen LogP contribution in [0.2, 0.25) is 0 Å². The maximum absolute atomic E-state index is 10.5. The molecule has 9 heavy (non-hydrogen) atoms. The first-order valence-corrected chi connectivity index (χ1v) is 2.55. The number of hydrazine groups is 1. The van der Waals surface area contributed by atoms with Crippen LogP contribution in [0.1, 0.15) is 0 Å². The number of rotatable bonds is 2. The van der Waals surface area contributed by atoms with Crippen molar-refractivity contribution < 1.29 is 9.59 Å². The Morgan fingerprint density at radius 3 is 2.89 bits per heavy atom. The fraction of sp³-hybridized carbons (Fsp3) is 0.500. The van der Waals surface area contributed by atoms with Crippen molar-refractivity contribution in [2.45, 2.75) is 6.17 Å². The topological polar surface area (TPSA) is 70.2 Å². The van der Waals surface area contributed by atoms with Crippen LogP contribution in [0.4, 0.5) is 0 Å². The highest BCUT2D eigenvalue weighted by Crippen LogP contribution is 1.79. The Hall–Kier alpha value is -0.780. The van der Waals surface area contributed by atoms with Crippen LogP contribution >= 0.6 is 0 Å². The van der Waals surface area contributed by atoms with Gasteiger partial charge in [-0.1, -0.05) is 0 Å². The summed E-state index contributed by atoms with van der Waals surface area (Å²) in [4.78, 5) is 20.3. The highest BCUT2D eigenvalue weighted by molar-refractivity contribution is 6.27. The van der Waals surface area contributed by atoms with Crippen molar-refractivity contribution in [3.8, 4) is 0 Å². The van der Waals surface area contributed by atoms with Gasteiger partial charge in [0.15, 0.2) is 6.29 Å². The number of ketones is 1. The summed E-state index contributed by atoms with van der Waals surface area (Å²) >= 11 is 0. The molecule has 1 heterocycles. The van der Waals surface area contributed by atoms with Crippen LogP contribution in [0.5, 0.6) is 0 Å². The normalized spacial score (nSPS) is 26.0. The van der Waals surface area contributed by atoms with Crippen LogP contribution in [0.25, 0.3) is 0 Å². The average Bonchev–Trinajstić information content (AvgIpc) is 2.37. The summed E-state index contributed by atoms with van der Waals surface area (Å²) < 4.78 is 0. The van der Waals surface area contributed by atoms with Gasteiger partial charge in [0.2, 0.25) is 5.78 Å². The number of carbonyl (C=O) groups excluding carboxylic acids is 2. The maximum atomic E-state index is 10.5. The minimum atomic E-state index is -0.539. The van der Waals surface area contributed by atoms with Crippen molar-refractivity contribution in [1.29, 1.82) is 0 Å². The lowest BCUT2D eigenvalue weighted by Gasteiger charge is -2.00. The average molecular weight is 129 g/mol. The third kappa shape index (κ3) is 1.32. The lowest BCUT2D eigenvalue weighted by Crippen LogP contribution is -2.41. The molecule has 0 saturated carbocycles. The van der Waals surface area contributed by atoms with Crippen LogP contribution in [-0.4, -0.2) is 24.9 Å². The summed E-state index contributed by atoms with van der Waals surface area (Å²) in [7, 11) is 0. The Balaban J connectivity index is 2.41. The van der Waals surface area contributed by atoms with Gasteiger partial charge in [-0.2, -0.15) is 0 Å². The van der Waals surface area contributed by atoms with Crippen LogP contribution in [0, 0.1) is 0 Å². The zero-order valence-corrected chi connectivity index (χ0v) is 4.68. The first-order valence-electron chi connectivity index (χ1n) is 2.55. The van der Waals surface area contributed by atoms with Gasteiger partial charge in [-0.25, -0.2) is 10.9 Å². The Morgan fingerprint density at radius 1 is 1.67 bits per heavy atom. The fourth-order valence-corrected chi connectivity index (χ4v) is 0.597. The second-order valence-electron chi connectivity index (χ2n) is 1.66. The summed E-state index contributed by atoms with van der Waals surface area (Å²) in [6, 6.07) is 0. The van der Waals surface area contributed by atoms with Gasteiger partial charge < -0.3 is 0 Å². The van der Waals surface area contributed by atoms with E-state index in [1.807, 2.05) is 0 Å². The SMILES string of the molecule is O=CC(=O)C1NCNN1. The molecule has 0 spiro atoms. The summed E-state index contributed by atoms with van der Waals surface area (Å²) in [6.45, 7) is 0.504. The van der Waals surface area contributed by atoms with E-state index >= 15 is 0 Å². The Bertz CT molecular complexity index is 130. The Kier molecular flexibility index (Phi) is 1.88. The van der Waals surface area contributed by atoms with Crippen molar-refractivity contribution in [3.05, 3.63) is 0 Å². The van der Waals surface area contributed by atoms with Gasteiger partial charge in [0.1, 0.15) is 6.17 Å².